The standard InChI is InChI=1S/C9H17N5S/c1-13-4-3-7(5-13)6-14(2)9-11-8(10)12-15-9/h7H,3-6H2,1-2H3,(H2,10,12). The van der Waals surface area contributed by atoms with Gasteiger partial charge in [0.25, 0.3) is 0 Å². The van der Waals surface area contributed by atoms with Crippen molar-refractivity contribution in [1.29, 1.82) is 0 Å². The van der Waals surface area contributed by atoms with Crippen molar-refractivity contribution in [2.45, 2.75) is 6.42 Å². The molecule has 0 aliphatic carbocycles. The molecule has 1 aromatic heterocycles. The van der Waals surface area contributed by atoms with E-state index in [4.69, 9.17) is 5.73 Å². The van der Waals surface area contributed by atoms with Gasteiger partial charge in [-0.1, -0.05) is 0 Å². The fourth-order valence-electron chi connectivity index (χ4n) is 2.02. The van der Waals surface area contributed by atoms with E-state index in [2.05, 4.69) is 33.3 Å². The van der Waals surface area contributed by atoms with Crippen LogP contribution < -0.4 is 10.6 Å². The lowest BCUT2D eigenvalue weighted by Gasteiger charge is -2.19. The quantitative estimate of drug-likeness (QED) is 0.815. The van der Waals surface area contributed by atoms with Gasteiger partial charge in [-0.3, -0.25) is 0 Å². The van der Waals surface area contributed by atoms with E-state index >= 15 is 0 Å². The first kappa shape index (κ1) is 10.6. The lowest BCUT2D eigenvalue weighted by Crippen LogP contribution is -2.27. The van der Waals surface area contributed by atoms with Crippen molar-refractivity contribution in [1.82, 2.24) is 14.3 Å². The highest BCUT2D eigenvalue weighted by atomic mass is 32.1. The van der Waals surface area contributed by atoms with E-state index in [0.717, 1.165) is 17.6 Å². The molecule has 0 spiro atoms. The van der Waals surface area contributed by atoms with Crippen LogP contribution in [0.4, 0.5) is 11.1 Å². The fourth-order valence-corrected chi connectivity index (χ4v) is 2.59. The molecule has 5 nitrogen and oxygen atoms in total. The summed E-state index contributed by atoms with van der Waals surface area (Å²) in [6.07, 6.45) is 1.27. The van der Waals surface area contributed by atoms with Crippen LogP contribution in [0.15, 0.2) is 0 Å². The van der Waals surface area contributed by atoms with Gasteiger partial charge < -0.3 is 15.5 Å². The van der Waals surface area contributed by atoms with Crippen LogP contribution in [0.25, 0.3) is 0 Å². The molecule has 2 rings (SSSR count). The molecule has 0 bridgehead atoms. The van der Waals surface area contributed by atoms with E-state index in [-0.39, 0.29) is 0 Å². The average molecular weight is 227 g/mol. The van der Waals surface area contributed by atoms with Gasteiger partial charge in [0.15, 0.2) is 0 Å². The highest BCUT2D eigenvalue weighted by molar-refractivity contribution is 7.09. The van der Waals surface area contributed by atoms with Crippen molar-refractivity contribution in [3.05, 3.63) is 0 Å². The van der Waals surface area contributed by atoms with E-state index in [1.165, 1.54) is 31.0 Å². The maximum atomic E-state index is 5.50. The maximum absolute atomic E-state index is 5.50. The minimum Gasteiger partial charge on any atom is -0.367 e. The van der Waals surface area contributed by atoms with Gasteiger partial charge in [-0.2, -0.15) is 9.36 Å². The second kappa shape index (κ2) is 4.32. The molecule has 1 aromatic rings. The number of aromatic nitrogens is 2. The molecule has 1 aliphatic rings. The number of anilines is 2. The third kappa shape index (κ3) is 2.57. The van der Waals surface area contributed by atoms with E-state index < -0.39 is 0 Å². The van der Waals surface area contributed by atoms with Crippen LogP contribution in [0.3, 0.4) is 0 Å². The minimum atomic E-state index is 0.380. The zero-order valence-corrected chi connectivity index (χ0v) is 10.00. The van der Waals surface area contributed by atoms with Crippen molar-refractivity contribution >= 4 is 22.6 Å². The highest BCUT2D eigenvalue weighted by Gasteiger charge is 2.21. The molecule has 1 atom stereocenters. The van der Waals surface area contributed by atoms with Gasteiger partial charge in [-0.15, -0.1) is 0 Å². The van der Waals surface area contributed by atoms with Crippen molar-refractivity contribution in [2.24, 2.45) is 5.92 Å². The number of nitrogens with two attached hydrogens (primary N) is 1. The second-order valence-electron chi connectivity index (χ2n) is 4.23. The van der Waals surface area contributed by atoms with Gasteiger partial charge >= 0.3 is 0 Å². The lowest BCUT2D eigenvalue weighted by atomic mass is 10.1. The molecule has 0 radical (unpaired) electrons. The van der Waals surface area contributed by atoms with Crippen LogP contribution >= 0.6 is 11.5 Å². The van der Waals surface area contributed by atoms with Gasteiger partial charge in [-0.25, -0.2) is 0 Å². The first-order valence-corrected chi connectivity index (χ1v) is 5.91. The molecule has 15 heavy (non-hydrogen) atoms. The van der Waals surface area contributed by atoms with Crippen molar-refractivity contribution in [2.75, 3.05) is 44.4 Å². The monoisotopic (exact) mass is 227 g/mol. The second-order valence-corrected chi connectivity index (χ2v) is 4.96. The molecule has 84 valence electrons. The molecule has 1 unspecified atom stereocenters. The molecule has 2 N–H and O–H groups in total. The van der Waals surface area contributed by atoms with Crippen molar-refractivity contribution in [3.8, 4) is 0 Å². The van der Waals surface area contributed by atoms with E-state index in [9.17, 15) is 0 Å². The van der Waals surface area contributed by atoms with Crippen LogP contribution in [-0.2, 0) is 0 Å². The Morgan fingerprint density at radius 3 is 3.00 bits per heavy atom. The Bertz CT molecular complexity index is 326. The predicted octanol–water partition coefficient (Wildman–Crippen LogP) is 0.508. The first-order chi connectivity index (χ1) is 7.15. The van der Waals surface area contributed by atoms with Gasteiger partial charge in [0, 0.05) is 31.7 Å². The van der Waals surface area contributed by atoms with Crippen LogP contribution in [-0.4, -0.2) is 48.0 Å². The Hall–Kier alpha value is -0.880. The summed E-state index contributed by atoms with van der Waals surface area (Å²) in [4.78, 5) is 8.69. The normalized spacial score (nSPS) is 22.1. The van der Waals surface area contributed by atoms with E-state index in [1.807, 2.05) is 0 Å². The summed E-state index contributed by atoms with van der Waals surface area (Å²) in [6.45, 7) is 3.42. The summed E-state index contributed by atoms with van der Waals surface area (Å²) in [7, 11) is 4.22. The average Bonchev–Trinajstić information content (AvgIpc) is 2.75. The molecule has 0 aromatic carbocycles. The summed E-state index contributed by atoms with van der Waals surface area (Å²) >= 11 is 1.37. The molecule has 2 heterocycles. The molecular formula is C9H17N5S. The number of hydrogen-bond donors (Lipinski definition) is 1. The zero-order valence-electron chi connectivity index (χ0n) is 9.18. The number of likely N-dealkylation sites (tertiary alicyclic amines) is 1. The van der Waals surface area contributed by atoms with Crippen LogP contribution in [0.5, 0.6) is 0 Å². The number of rotatable bonds is 3. The molecule has 1 fully saturated rings. The molecule has 1 saturated heterocycles. The Labute approximate surface area is 94.1 Å². The summed E-state index contributed by atoms with van der Waals surface area (Å²) in [6, 6.07) is 0. The zero-order chi connectivity index (χ0) is 10.8. The van der Waals surface area contributed by atoms with Crippen LogP contribution in [0, 0.1) is 5.92 Å². The summed E-state index contributed by atoms with van der Waals surface area (Å²) in [5.41, 5.74) is 5.50. The molecule has 0 amide bonds. The van der Waals surface area contributed by atoms with E-state index in [0.29, 0.717) is 5.95 Å². The molecule has 0 saturated carbocycles. The first-order valence-electron chi connectivity index (χ1n) is 5.14. The van der Waals surface area contributed by atoms with Gasteiger partial charge in [-0.05, 0) is 25.9 Å². The summed E-state index contributed by atoms with van der Waals surface area (Å²) in [5.74, 6) is 1.12. The Morgan fingerprint density at radius 1 is 1.67 bits per heavy atom. The Kier molecular flexibility index (Phi) is 3.06. The molecule has 1 aliphatic heterocycles. The largest absolute Gasteiger partial charge is 0.367 e. The van der Waals surface area contributed by atoms with Gasteiger partial charge in [0.05, 0.1) is 0 Å². The fraction of sp³-hybridized carbons (Fsp3) is 0.778. The van der Waals surface area contributed by atoms with Crippen molar-refractivity contribution < 1.29 is 0 Å². The SMILES string of the molecule is CN1CCC(CN(C)c2nc(N)ns2)C1. The number of hydrogen-bond acceptors (Lipinski definition) is 6. The Morgan fingerprint density at radius 2 is 2.47 bits per heavy atom. The summed E-state index contributed by atoms with van der Waals surface area (Å²) in [5, 5.41) is 0.919. The van der Waals surface area contributed by atoms with Crippen LogP contribution in [0.2, 0.25) is 0 Å². The van der Waals surface area contributed by atoms with Crippen LogP contribution in [0.1, 0.15) is 6.42 Å². The maximum Gasteiger partial charge on any atom is 0.233 e. The third-order valence-corrected chi connectivity index (χ3v) is 3.62. The van der Waals surface area contributed by atoms with Gasteiger partial charge in [0.2, 0.25) is 11.1 Å². The predicted molar refractivity (Wildman–Crippen MR) is 63.2 cm³/mol. The molecule has 6 heteroatoms. The molecular weight excluding hydrogens is 210 g/mol. The topological polar surface area (TPSA) is 58.3 Å². The smallest absolute Gasteiger partial charge is 0.233 e. The van der Waals surface area contributed by atoms with Gasteiger partial charge in [0.1, 0.15) is 0 Å². The Balaban J connectivity index is 1.89. The number of nitrogen functional groups attached to an aromatic ring is 1. The van der Waals surface area contributed by atoms with Crippen molar-refractivity contribution in [3.63, 3.8) is 0 Å². The summed E-state index contributed by atoms with van der Waals surface area (Å²) < 4.78 is 3.98. The number of nitrogens with zero attached hydrogens (tertiary/aromatic N) is 4. The van der Waals surface area contributed by atoms with E-state index in [1.54, 1.807) is 0 Å². The third-order valence-electron chi connectivity index (χ3n) is 2.78. The highest BCUT2D eigenvalue weighted by Crippen LogP contribution is 2.21. The lowest BCUT2D eigenvalue weighted by molar-refractivity contribution is 0.396. The minimum absolute atomic E-state index is 0.380.